The van der Waals surface area contributed by atoms with Gasteiger partial charge in [-0.1, -0.05) is 12.8 Å². The molecule has 1 fully saturated rings. The van der Waals surface area contributed by atoms with Gasteiger partial charge in [-0.15, -0.1) is 0 Å². The third kappa shape index (κ3) is 3.10. The fraction of sp³-hybridized carbons (Fsp3) is 0.467. The van der Waals surface area contributed by atoms with Gasteiger partial charge in [0.1, 0.15) is 6.54 Å². The number of benzene rings is 1. The molecule has 0 radical (unpaired) electrons. The Morgan fingerprint density at radius 2 is 2.00 bits per heavy atom. The molecule has 20 heavy (non-hydrogen) atoms. The van der Waals surface area contributed by atoms with E-state index in [1.807, 2.05) is 17.9 Å². The van der Waals surface area contributed by atoms with E-state index in [4.69, 9.17) is 10.8 Å². The molecule has 0 aromatic heterocycles. The number of rotatable bonds is 5. The van der Waals surface area contributed by atoms with Crippen molar-refractivity contribution in [1.29, 1.82) is 0 Å². The van der Waals surface area contributed by atoms with Crippen molar-refractivity contribution in [1.82, 2.24) is 0 Å². The number of carboxylic acids is 1. The fourth-order valence-electron chi connectivity index (χ4n) is 2.90. The molecule has 0 spiro atoms. The van der Waals surface area contributed by atoms with Gasteiger partial charge in [0.05, 0.1) is 0 Å². The van der Waals surface area contributed by atoms with Crippen LogP contribution < -0.4 is 10.6 Å². The molecule has 3 N–H and O–H groups in total. The Morgan fingerprint density at radius 1 is 1.35 bits per heavy atom. The highest BCUT2D eigenvalue weighted by Gasteiger charge is 2.25. The summed E-state index contributed by atoms with van der Waals surface area (Å²) in [6.07, 6.45) is 4.31. The molecular weight excluding hydrogens is 256 g/mol. The molecule has 2 rings (SSSR count). The van der Waals surface area contributed by atoms with Crippen molar-refractivity contribution in [2.24, 2.45) is 5.73 Å². The number of hydrogen-bond acceptors (Lipinski definition) is 3. The zero-order chi connectivity index (χ0) is 14.7. The van der Waals surface area contributed by atoms with Crippen molar-refractivity contribution in [3.63, 3.8) is 0 Å². The van der Waals surface area contributed by atoms with Crippen LogP contribution in [0.15, 0.2) is 18.2 Å². The molecule has 1 saturated carbocycles. The van der Waals surface area contributed by atoms with Crippen LogP contribution in [0.2, 0.25) is 0 Å². The average molecular weight is 276 g/mol. The third-order valence-electron chi connectivity index (χ3n) is 3.88. The summed E-state index contributed by atoms with van der Waals surface area (Å²) in [6.45, 7) is 1.80. The molecule has 5 heteroatoms. The Hall–Kier alpha value is -2.04. The Balaban J connectivity index is 2.30. The van der Waals surface area contributed by atoms with Gasteiger partial charge in [-0.3, -0.25) is 9.59 Å². The maximum atomic E-state index is 11.3. The van der Waals surface area contributed by atoms with E-state index in [9.17, 15) is 9.59 Å². The van der Waals surface area contributed by atoms with Gasteiger partial charge in [0.15, 0.2) is 0 Å². The molecule has 1 aliphatic carbocycles. The minimum atomic E-state index is -0.839. The Morgan fingerprint density at radius 3 is 2.50 bits per heavy atom. The van der Waals surface area contributed by atoms with Crippen LogP contribution in [-0.4, -0.2) is 29.6 Å². The number of carboxylic acid groups (broad SMARTS) is 1. The monoisotopic (exact) mass is 276 g/mol. The molecule has 1 aliphatic rings. The van der Waals surface area contributed by atoms with E-state index in [2.05, 4.69) is 0 Å². The smallest absolute Gasteiger partial charge is 0.323 e. The third-order valence-corrected chi connectivity index (χ3v) is 3.88. The first-order valence-corrected chi connectivity index (χ1v) is 6.88. The number of amides is 1. The van der Waals surface area contributed by atoms with E-state index in [0.29, 0.717) is 5.56 Å². The van der Waals surface area contributed by atoms with Crippen LogP contribution in [0, 0.1) is 6.92 Å². The normalized spacial score (nSPS) is 15.2. The standard InChI is InChI=1S/C15H20N2O3/c1-10-8-12(6-7-13(10)15(16)20)17(9-14(18)19)11-4-2-3-5-11/h6-8,11H,2-5,9H2,1H3,(H2,16,20)(H,18,19). The molecule has 0 bridgehead atoms. The van der Waals surface area contributed by atoms with E-state index in [0.717, 1.165) is 36.9 Å². The number of carbonyl (C=O) groups excluding carboxylic acids is 1. The summed E-state index contributed by atoms with van der Waals surface area (Å²) < 4.78 is 0. The molecular formula is C15H20N2O3. The second kappa shape index (κ2) is 5.94. The maximum Gasteiger partial charge on any atom is 0.323 e. The maximum absolute atomic E-state index is 11.3. The topological polar surface area (TPSA) is 83.6 Å². The number of nitrogens with zero attached hydrogens (tertiary/aromatic N) is 1. The van der Waals surface area contributed by atoms with Crippen molar-refractivity contribution in [2.45, 2.75) is 38.6 Å². The van der Waals surface area contributed by atoms with Crippen molar-refractivity contribution in [3.05, 3.63) is 29.3 Å². The van der Waals surface area contributed by atoms with Gasteiger partial charge < -0.3 is 15.7 Å². The van der Waals surface area contributed by atoms with Gasteiger partial charge in [-0.25, -0.2) is 0 Å². The Labute approximate surface area is 118 Å². The molecule has 1 aromatic rings. The second-order valence-electron chi connectivity index (χ2n) is 5.32. The highest BCUT2D eigenvalue weighted by atomic mass is 16.4. The van der Waals surface area contributed by atoms with Crippen LogP contribution >= 0.6 is 0 Å². The number of aliphatic carboxylic acids is 1. The molecule has 0 saturated heterocycles. The minimum Gasteiger partial charge on any atom is -0.480 e. The molecule has 0 heterocycles. The SMILES string of the molecule is Cc1cc(N(CC(=O)O)C2CCCC2)ccc1C(N)=O. The molecule has 0 atom stereocenters. The van der Waals surface area contributed by atoms with Gasteiger partial charge in [0.2, 0.25) is 5.91 Å². The Kier molecular flexibility index (Phi) is 4.27. The molecule has 5 nitrogen and oxygen atoms in total. The predicted molar refractivity (Wildman–Crippen MR) is 76.9 cm³/mol. The fourth-order valence-corrected chi connectivity index (χ4v) is 2.90. The Bertz CT molecular complexity index is 522. The first kappa shape index (κ1) is 14.4. The first-order chi connectivity index (χ1) is 9.49. The lowest BCUT2D eigenvalue weighted by atomic mass is 10.1. The number of aryl methyl sites for hydroxylation is 1. The van der Waals surface area contributed by atoms with Crippen LogP contribution in [0.1, 0.15) is 41.6 Å². The number of hydrogen-bond donors (Lipinski definition) is 2. The average Bonchev–Trinajstić information content (AvgIpc) is 2.88. The van der Waals surface area contributed by atoms with Crippen LogP contribution in [-0.2, 0) is 4.79 Å². The van der Waals surface area contributed by atoms with E-state index < -0.39 is 11.9 Å². The van der Waals surface area contributed by atoms with Crippen LogP contribution in [0.25, 0.3) is 0 Å². The highest BCUT2D eigenvalue weighted by Crippen LogP contribution is 2.29. The molecule has 0 unspecified atom stereocenters. The largest absolute Gasteiger partial charge is 0.480 e. The lowest BCUT2D eigenvalue weighted by molar-refractivity contribution is -0.135. The number of anilines is 1. The van der Waals surface area contributed by atoms with Crippen molar-refractivity contribution in [2.75, 3.05) is 11.4 Å². The summed E-state index contributed by atoms with van der Waals surface area (Å²) in [5, 5.41) is 9.10. The molecule has 108 valence electrons. The number of carbonyl (C=O) groups is 2. The van der Waals surface area contributed by atoms with Gasteiger partial charge in [-0.05, 0) is 43.5 Å². The summed E-state index contributed by atoms with van der Waals surface area (Å²) >= 11 is 0. The lowest BCUT2D eigenvalue weighted by Gasteiger charge is -2.30. The zero-order valence-electron chi connectivity index (χ0n) is 11.6. The van der Waals surface area contributed by atoms with Crippen molar-refractivity contribution < 1.29 is 14.7 Å². The van der Waals surface area contributed by atoms with Crippen LogP contribution in [0.3, 0.4) is 0 Å². The lowest BCUT2D eigenvalue weighted by Crippen LogP contribution is -2.37. The van der Waals surface area contributed by atoms with E-state index in [1.165, 1.54) is 0 Å². The van der Waals surface area contributed by atoms with Gasteiger partial charge in [0.25, 0.3) is 0 Å². The van der Waals surface area contributed by atoms with Crippen molar-refractivity contribution >= 4 is 17.6 Å². The molecule has 1 aromatic carbocycles. The number of nitrogens with two attached hydrogens (primary N) is 1. The zero-order valence-corrected chi connectivity index (χ0v) is 11.6. The minimum absolute atomic E-state index is 0.0139. The van der Waals surface area contributed by atoms with E-state index in [-0.39, 0.29) is 12.6 Å². The second-order valence-corrected chi connectivity index (χ2v) is 5.32. The van der Waals surface area contributed by atoms with Gasteiger partial charge in [-0.2, -0.15) is 0 Å². The van der Waals surface area contributed by atoms with Crippen LogP contribution in [0.4, 0.5) is 5.69 Å². The summed E-state index contributed by atoms with van der Waals surface area (Å²) in [6, 6.07) is 5.58. The van der Waals surface area contributed by atoms with Gasteiger partial charge in [0, 0.05) is 17.3 Å². The van der Waals surface area contributed by atoms with Crippen molar-refractivity contribution in [3.8, 4) is 0 Å². The summed E-state index contributed by atoms with van der Waals surface area (Å²) in [4.78, 5) is 24.3. The number of primary amides is 1. The summed E-state index contributed by atoms with van der Waals surface area (Å²) in [5.74, 6) is -1.30. The molecule has 1 amide bonds. The summed E-state index contributed by atoms with van der Waals surface area (Å²) in [7, 11) is 0. The molecule has 0 aliphatic heterocycles. The van der Waals surface area contributed by atoms with Gasteiger partial charge >= 0.3 is 5.97 Å². The highest BCUT2D eigenvalue weighted by molar-refractivity contribution is 5.94. The summed E-state index contributed by atoms with van der Waals surface area (Å²) in [5.41, 5.74) is 7.41. The predicted octanol–water partition coefficient (Wildman–Crippen LogP) is 1.93. The van der Waals surface area contributed by atoms with Crippen LogP contribution in [0.5, 0.6) is 0 Å². The quantitative estimate of drug-likeness (QED) is 0.860. The van der Waals surface area contributed by atoms with E-state index >= 15 is 0 Å². The first-order valence-electron chi connectivity index (χ1n) is 6.88. The van der Waals surface area contributed by atoms with E-state index in [1.54, 1.807) is 12.1 Å².